The largest absolute Gasteiger partial charge is 0.506 e. The van der Waals surface area contributed by atoms with E-state index < -0.39 is 11.9 Å². The molecular weight excluding hydrogens is 262 g/mol. The molecule has 0 atom stereocenters. The van der Waals surface area contributed by atoms with Crippen molar-refractivity contribution in [1.82, 2.24) is 5.32 Å². The number of phenolic OH excluding ortho intramolecular Hbond substituents is 1. The highest BCUT2D eigenvalue weighted by atomic mass is 16.4. The normalized spacial score (nSPS) is 10.4. The van der Waals surface area contributed by atoms with Gasteiger partial charge in [-0.05, 0) is 12.1 Å². The predicted octanol–water partition coefficient (Wildman–Crippen LogP) is 0.802. The van der Waals surface area contributed by atoms with Crippen LogP contribution in [-0.2, 0) is 9.59 Å². The predicted molar refractivity (Wildman–Crippen MR) is 70.7 cm³/mol. The summed E-state index contributed by atoms with van der Waals surface area (Å²) in [7, 11) is 0. The molecule has 104 valence electrons. The Balaban J connectivity index is 2.64. The number of nitrogens with zero attached hydrogens (tertiary/aromatic N) is 1. The Labute approximate surface area is 115 Å². The van der Waals surface area contributed by atoms with Crippen LogP contribution < -0.4 is 10.6 Å². The van der Waals surface area contributed by atoms with Gasteiger partial charge in [-0.3, -0.25) is 9.59 Å². The number of carboxylic acids is 1. The minimum atomic E-state index is -0.983. The topological polar surface area (TPSA) is 122 Å². The van der Waals surface area contributed by atoms with E-state index in [4.69, 9.17) is 10.4 Å². The van der Waals surface area contributed by atoms with Gasteiger partial charge in [0.15, 0.2) is 0 Å². The number of anilines is 1. The van der Waals surface area contributed by atoms with Crippen LogP contribution in [0.4, 0.5) is 5.69 Å². The Kier molecular flexibility index (Phi) is 5.59. The summed E-state index contributed by atoms with van der Waals surface area (Å²) in [6, 6.07) is 7.79. The van der Waals surface area contributed by atoms with Gasteiger partial charge in [0, 0.05) is 12.7 Å². The zero-order valence-electron chi connectivity index (χ0n) is 10.5. The number of aromatic hydroxyl groups is 1. The lowest BCUT2D eigenvalue weighted by molar-refractivity contribution is -0.136. The molecule has 0 fully saturated rings. The van der Waals surface area contributed by atoms with E-state index in [2.05, 4.69) is 10.6 Å². The van der Waals surface area contributed by atoms with Crippen LogP contribution in [0.1, 0.15) is 6.42 Å². The van der Waals surface area contributed by atoms with E-state index in [0.717, 1.165) is 6.20 Å². The molecule has 1 rings (SSSR count). The number of nitrogens with one attached hydrogen (secondary N) is 2. The van der Waals surface area contributed by atoms with Crippen LogP contribution in [0.15, 0.2) is 36.0 Å². The van der Waals surface area contributed by atoms with Crippen molar-refractivity contribution in [2.45, 2.75) is 6.42 Å². The molecule has 4 N–H and O–H groups in total. The lowest BCUT2D eigenvalue weighted by atomic mass is 10.2. The van der Waals surface area contributed by atoms with Gasteiger partial charge < -0.3 is 20.8 Å². The maximum atomic E-state index is 11.8. The lowest BCUT2D eigenvalue weighted by Crippen LogP contribution is -2.18. The van der Waals surface area contributed by atoms with E-state index in [1.54, 1.807) is 18.2 Å². The molecule has 0 aliphatic heterocycles. The average molecular weight is 275 g/mol. The number of benzene rings is 1. The minimum Gasteiger partial charge on any atom is -0.506 e. The Morgan fingerprint density at radius 3 is 2.65 bits per heavy atom. The molecule has 0 bridgehead atoms. The van der Waals surface area contributed by atoms with Crippen LogP contribution in [0.25, 0.3) is 0 Å². The van der Waals surface area contributed by atoms with Gasteiger partial charge in [0.25, 0.3) is 5.91 Å². The summed E-state index contributed by atoms with van der Waals surface area (Å²) in [5.41, 5.74) is -0.0390. The highest BCUT2D eigenvalue weighted by Crippen LogP contribution is 2.21. The monoisotopic (exact) mass is 275 g/mol. The number of hydrogen-bond acceptors (Lipinski definition) is 5. The highest BCUT2D eigenvalue weighted by Gasteiger charge is 2.11. The van der Waals surface area contributed by atoms with E-state index in [-0.39, 0.29) is 30.0 Å². The summed E-state index contributed by atoms with van der Waals surface area (Å²) in [6.07, 6.45) is 1.01. The zero-order chi connectivity index (χ0) is 15.0. The molecule has 0 spiro atoms. The minimum absolute atomic E-state index is 0.102. The first-order valence-electron chi connectivity index (χ1n) is 5.69. The first kappa shape index (κ1) is 15.0. The first-order chi connectivity index (χ1) is 9.54. The van der Waals surface area contributed by atoms with E-state index >= 15 is 0 Å². The molecule has 0 aromatic heterocycles. The van der Waals surface area contributed by atoms with Crippen LogP contribution in [0.3, 0.4) is 0 Å². The Bertz CT molecular complexity index is 575. The molecule has 0 aliphatic carbocycles. The molecule has 1 amide bonds. The van der Waals surface area contributed by atoms with Crippen molar-refractivity contribution in [2.75, 3.05) is 11.9 Å². The quantitative estimate of drug-likeness (QED) is 0.263. The lowest BCUT2D eigenvalue weighted by Gasteiger charge is -2.06. The molecule has 0 saturated carbocycles. The average Bonchev–Trinajstić information content (AvgIpc) is 2.41. The van der Waals surface area contributed by atoms with Gasteiger partial charge in [-0.2, -0.15) is 5.26 Å². The second kappa shape index (κ2) is 7.43. The van der Waals surface area contributed by atoms with E-state index in [9.17, 15) is 14.7 Å². The number of hydrogen-bond donors (Lipinski definition) is 4. The number of para-hydroxylation sites is 2. The molecule has 0 unspecified atom stereocenters. The molecule has 20 heavy (non-hydrogen) atoms. The van der Waals surface area contributed by atoms with Crippen LogP contribution in [0, 0.1) is 11.3 Å². The van der Waals surface area contributed by atoms with Crippen molar-refractivity contribution in [3.63, 3.8) is 0 Å². The summed E-state index contributed by atoms with van der Waals surface area (Å²) < 4.78 is 0. The van der Waals surface area contributed by atoms with Crippen molar-refractivity contribution in [2.24, 2.45) is 0 Å². The molecule has 0 heterocycles. The smallest absolute Gasteiger partial charge is 0.305 e. The van der Waals surface area contributed by atoms with E-state index in [1.165, 1.54) is 12.1 Å². The highest BCUT2D eigenvalue weighted by molar-refractivity contribution is 6.07. The SMILES string of the molecule is N#C/C(=C/NCCC(=O)O)C(=O)Nc1ccccc1O. The van der Waals surface area contributed by atoms with Crippen LogP contribution in [0.2, 0.25) is 0 Å². The molecule has 1 aromatic carbocycles. The number of carbonyl (C=O) groups excluding carboxylic acids is 1. The number of amides is 1. The summed E-state index contributed by atoms with van der Waals surface area (Å²) in [5.74, 6) is -1.79. The van der Waals surface area contributed by atoms with Gasteiger partial charge in [0.2, 0.25) is 0 Å². The van der Waals surface area contributed by atoms with Crippen molar-refractivity contribution >= 4 is 17.6 Å². The summed E-state index contributed by atoms with van der Waals surface area (Å²) >= 11 is 0. The van der Waals surface area contributed by atoms with Crippen LogP contribution in [0.5, 0.6) is 5.75 Å². The fraction of sp³-hybridized carbons (Fsp3) is 0.154. The van der Waals surface area contributed by atoms with Gasteiger partial charge in [-0.1, -0.05) is 12.1 Å². The zero-order valence-corrected chi connectivity index (χ0v) is 10.5. The Hall–Kier alpha value is -3.01. The first-order valence-corrected chi connectivity index (χ1v) is 5.69. The van der Waals surface area contributed by atoms with Crippen molar-refractivity contribution < 1.29 is 19.8 Å². The maximum absolute atomic E-state index is 11.8. The second-order valence-electron chi connectivity index (χ2n) is 3.74. The standard InChI is InChI=1S/C13H13N3O4/c14-7-9(8-15-6-5-12(18)19)13(20)16-10-3-1-2-4-11(10)17/h1-4,8,15,17H,5-6H2,(H,16,20)(H,18,19)/b9-8-. The Morgan fingerprint density at radius 1 is 1.35 bits per heavy atom. The number of carbonyl (C=O) groups is 2. The second-order valence-corrected chi connectivity index (χ2v) is 3.74. The van der Waals surface area contributed by atoms with Crippen molar-refractivity contribution in [1.29, 1.82) is 5.26 Å². The summed E-state index contributed by atoms with van der Waals surface area (Å²) in [4.78, 5) is 22.0. The molecule has 0 aliphatic rings. The molecule has 7 nitrogen and oxygen atoms in total. The Morgan fingerprint density at radius 2 is 2.05 bits per heavy atom. The maximum Gasteiger partial charge on any atom is 0.305 e. The van der Waals surface area contributed by atoms with Gasteiger partial charge in [-0.15, -0.1) is 0 Å². The van der Waals surface area contributed by atoms with Gasteiger partial charge in [0.05, 0.1) is 12.1 Å². The number of carboxylic acid groups (broad SMARTS) is 1. The third-order valence-electron chi connectivity index (χ3n) is 2.25. The number of phenols is 1. The third-order valence-corrected chi connectivity index (χ3v) is 2.25. The third kappa shape index (κ3) is 4.70. The van der Waals surface area contributed by atoms with Gasteiger partial charge in [-0.25, -0.2) is 0 Å². The molecular formula is C13H13N3O4. The van der Waals surface area contributed by atoms with E-state index in [0.29, 0.717) is 0 Å². The van der Waals surface area contributed by atoms with Crippen LogP contribution in [-0.4, -0.2) is 28.6 Å². The molecule has 1 aromatic rings. The summed E-state index contributed by atoms with van der Waals surface area (Å²) in [5, 5.41) is 31.7. The van der Waals surface area contributed by atoms with E-state index in [1.807, 2.05) is 0 Å². The van der Waals surface area contributed by atoms with Gasteiger partial charge in [0.1, 0.15) is 17.4 Å². The molecule has 7 heteroatoms. The number of aliphatic carboxylic acids is 1. The van der Waals surface area contributed by atoms with Crippen molar-refractivity contribution in [3.05, 3.63) is 36.0 Å². The number of nitriles is 1. The van der Waals surface area contributed by atoms with Crippen LogP contribution >= 0.6 is 0 Å². The fourth-order valence-corrected chi connectivity index (χ4v) is 1.27. The summed E-state index contributed by atoms with van der Waals surface area (Å²) in [6.45, 7) is 0.102. The van der Waals surface area contributed by atoms with Gasteiger partial charge >= 0.3 is 5.97 Å². The molecule has 0 radical (unpaired) electrons. The van der Waals surface area contributed by atoms with Crippen molar-refractivity contribution in [3.8, 4) is 11.8 Å². The fourth-order valence-electron chi connectivity index (χ4n) is 1.27. The molecule has 0 saturated heterocycles. The number of rotatable bonds is 6.